The minimum absolute atomic E-state index is 0.0217. The van der Waals surface area contributed by atoms with Crippen molar-refractivity contribution in [3.8, 4) is 0 Å². The predicted octanol–water partition coefficient (Wildman–Crippen LogP) is 7.64. The number of rotatable bonds is 7. The molecule has 1 heterocycles. The van der Waals surface area contributed by atoms with Gasteiger partial charge in [-0.05, 0) is 98.0 Å². The molecule has 2 fully saturated rings. The molecule has 5 rings (SSSR count). The molecule has 0 radical (unpaired) electrons. The third-order valence-electron chi connectivity index (χ3n) is 10.7. The molecule has 0 amide bonds. The number of ether oxygens (including phenoxy) is 4. The number of carbonyl (C=O) groups is 2. The van der Waals surface area contributed by atoms with Gasteiger partial charge in [0, 0.05) is 11.8 Å². The molecular formula is C37H47F3O7. The Bertz CT molecular complexity index is 1400. The van der Waals surface area contributed by atoms with Crippen LogP contribution in [-0.2, 0) is 34.7 Å². The van der Waals surface area contributed by atoms with Gasteiger partial charge in [0.1, 0.15) is 11.9 Å². The molecule has 9 atom stereocenters. The fourth-order valence-electron chi connectivity index (χ4n) is 8.25. The van der Waals surface area contributed by atoms with Crippen molar-refractivity contribution in [1.29, 1.82) is 0 Å². The minimum atomic E-state index is -4.47. The van der Waals surface area contributed by atoms with Gasteiger partial charge in [-0.2, -0.15) is 13.2 Å². The van der Waals surface area contributed by atoms with Crippen LogP contribution in [0.15, 0.2) is 53.5 Å². The summed E-state index contributed by atoms with van der Waals surface area (Å²) in [6.07, 6.45) is 2.89. The highest BCUT2D eigenvalue weighted by Crippen LogP contribution is 2.58. The molecule has 1 N–H and O–H groups in total. The lowest BCUT2D eigenvalue weighted by atomic mass is 9.65. The van der Waals surface area contributed by atoms with E-state index in [0.717, 1.165) is 43.4 Å². The summed E-state index contributed by atoms with van der Waals surface area (Å²) < 4.78 is 63.1. The zero-order chi connectivity index (χ0) is 34.0. The van der Waals surface area contributed by atoms with Gasteiger partial charge in [-0.25, -0.2) is 0 Å². The van der Waals surface area contributed by atoms with Crippen LogP contribution in [0.4, 0.5) is 13.2 Å². The number of Topliss-reactive ketones (excluding diaryl/α,β-unsaturated/α-hetero) is 1. The summed E-state index contributed by atoms with van der Waals surface area (Å²) in [5.74, 6) is -0.890. The summed E-state index contributed by atoms with van der Waals surface area (Å²) in [7, 11) is 2.91. The van der Waals surface area contributed by atoms with E-state index in [1.54, 1.807) is 6.92 Å². The predicted molar refractivity (Wildman–Crippen MR) is 169 cm³/mol. The topological polar surface area (TPSA) is 91.3 Å². The molecule has 10 heteroatoms. The van der Waals surface area contributed by atoms with Crippen molar-refractivity contribution in [3.63, 3.8) is 0 Å². The number of ketones is 1. The molecule has 0 spiro atoms. The van der Waals surface area contributed by atoms with E-state index in [4.69, 9.17) is 18.9 Å². The number of halogens is 3. The Kier molecular flexibility index (Phi) is 10.9. The first-order chi connectivity index (χ1) is 22.4. The van der Waals surface area contributed by atoms with Crippen LogP contribution >= 0.6 is 0 Å². The normalized spacial score (nSPS) is 32.7. The lowest BCUT2D eigenvalue weighted by Crippen LogP contribution is -2.33. The minimum Gasteiger partial charge on any atom is -0.498 e. The van der Waals surface area contributed by atoms with Crippen molar-refractivity contribution in [2.75, 3.05) is 14.2 Å². The van der Waals surface area contributed by atoms with Crippen LogP contribution in [0.2, 0.25) is 0 Å². The molecule has 1 aliphatic heterocycles. The molecule has 1 saturated heterocycles. The van der Waals surface area contributed by atoms with Gasteiger partial charge in [0.2, 0.25) is 6.29 Å². The number of aliphatic hydroxyl groups is 1. The van der Waals surface area contributed by atoms with E-state index in [1.165, 1.54) is 26.4 Å². The third-order valence-corrected chi connectivity index (χ3v) is 10.7. The fourth-order valence-corrected chi connectivity index (χ4v) is 8.25. The lowest BCUT2D eigenvalue weighted by molar-refractivity contribution is -0.151. The smallest absolute Gasteiger partial charge is 0.416 e. The number of allylic oxidation sites excluding steroid dienone is 5. The summed E-state index contributed by atoms with van der Waals surface area (Å²) in [6, 6.07) is 5.15. The van der Waals surface area contributed by atoms with Crippen LogP contribution in [0.25, 0.3) is 5.57 Å². The first-order valence-corrected chi connectivity index (χ1v) is 16.8. The van der Waals surface area contributed by atoms with Crippen LogP contribution < -0.4 is 0 Å². The number of esters is 1. The Hall–Kier alpha value is -3.11. The maximum absolute atomic E-state index is 14.1. The first-order valence-electron chi connectivity index (χ1n) is 16.8. The Morgan fingerprint density at radius 3 is 2.36 bits per heavy atom. The first kappa shape index (κ1) is 35.2. The molecular weight excluding hydrogens is 613 g/mol. The van der Waals surface area contributed by atoms with Crippen LogP contribution in [0.1, 0.15) is 83.3 Å². The molecule has 2 unspecified atom stereocenters. The SMILES string of the molecule is CC[C@H]1CCCC[C@@H](C)C(=O)C2=C[C@@H]3C(C(c4ccc(C(F)(F)F)cc4)=CC4C[C@@H](O[C@H](O)/C(OC)=C(/C)OC)C[C@H]43)[C@@H]2CC(=O)O1. The number of fused-ring (bicyclic) bond motifs is 5. The van der Waals surface area contributed by atoms with Crippen molar-refractivity contribution in [1.82, 2.24) is 0 Å². The van der Waals surface area contributed by atoms with Gasteiger partial charge in [0.15, 0.2) is 11.5 Å². The number of hydrogen-bond acceptors (Lipinski definition) is 7. The second-order valence-corrected chi connectivity index (χ2v) is 13.5. The van der Waals surface area contributed by atoms with Gasteiger partial charge in [-0.1, -0.05) is 44.6 Å². The molecule has 47 heavy (non-hydrogen) atoms. The average molecular weight is 661 g/mol. The van der Waals surface area contributed by atoms with Crippen molar-refractivity contribution >= 4 is 17.3 Å². The fraction of sp³-hybridized carbons (Fsp3) is 0.622. The molecule has 7 nitrogen and oxygen atoms in total. The molecule has 4 aliphatic rings. The van der Waals surface area contributed by atoms with E-state index in [1.807, 2.05) is 19.9 Å². The van der Waals surface area contributed by atoms with Crippen LogP contribution in [-0.4, -0.2) is 49.6 Å². The third kappa shape index (κ3) is 7.48. The number of methoxy groups -OCH3 is 2. The monoisotopic (exact) mass is 660 g/mol. The van der Waals surface area contributed by atoms with E-state index in [2.05, 4.69) is 6.08 Å². The summed E-state index contributed by atoms with van der Waals surface area (Å²) in [4.78, 5) is 27.5. The maximum atomic E-state index is 14.1. The van der Waals surface area contributed by atoms with E-state index >= 15 is 0 Å². The zero-order valence-electron chi connectivity index (χ0n) is 27.8. The van der Waals surface area contributed by atoms with Gasteiger partial charge < -0.3 is 24.1 Å². The highest BCUT2D eigenvalue weighted by molar-refractivity contribution is 5.99. The van der Waals surface area contributed by atoms with Gasteiger partial charge in [-0.15, -0.1) is 0 Å². The molecule has 0 bridgehead atoms. The van der Waals surface area contributed by atoms with E-state index in [9.17, 15) is 27.9 Å². The summed E-state index contributed by atoms with van der Waals surface area (Å²) >= 11 is 0. The van der Waals surface area contributed by atoms with Gasteiger partial charge in [0.25, 0.3) is 0 Å². The second kappa shape index (κ2) is 14.6. The molecule has 0 aromatic heterocycles. The molecule has 1 aromatic carbocycles. The largest absolute Gasteiger partial charge is 0.498 e. The molecule has 1 saturated carbocycles. The number of alkyl halides is 3. The average Bonchev–Trinajstić information content (AvgIpc) is 3.61. The van der Waals surface area contributed by atoms with Crippen molar-refractivity contribution < 1.29 is 46.8 Å². The van der Waals surface area contributed by atoms with E-state index in [0.29, 0.717) is 36.2 Å². The zero-order valence-corrected chi connectivity index (χ0v) is 27.8. The maximum Gasteiger partial charge on any atom is 0.416 e. The summed E-state index contributed by atoms with van der Waals surface area (Å²) in [5.41, 5.74) is 1.36. The van der Waals surface area contributed by atoms with Crippen molar-refractivity contribution in [2.24, 2.45) is 35.5 Å². The van der Waals surface area contributed by atoms with E-state index < -0.39 is 23.9 Å². The quantitative estimate of drug-likeness (QED) is 0.183. The highest BCUT2D eigenvalue weighted by atomic mass is 19.4. The number of cyclic esters (lactones) is 1. The van der Waals surface area contributed by atoms with Crippen LogP contribution in [0.3, 0.4) is 0 Å². The standard InChI is InChI=1S/C37H47F3O7/c1-6-25-10-8-7-9-20(2)34(42)31-18-29-27-17-26(47-36(43)35(45-5)21(3)44-4)15-23(27)16-28(33(29)30(31)19-32(41)46-25)22-11-13-24(14-12-22)37(38,39)40/h11-14,16,18,20,23,25-27,29-30,33,36,43H,6-10,15,17,19H2,1-5H3/b35-21+/t20-,23?,25+,26-,27-,29+,30-,33?,36+/m1/s1. The number of benzene rings is 1. The molecule has 3 aliphatic carbocycles. The summed E-state index contributed by atoms with van der Waals surface area (Å²) in [6.45, 7) is 5.61. The van der Waals surface area contributed by atoms with Crippen molar-refractivity contribution in [2.45, 2.75) is 96.8 Å². The number of aliphatic hydroxyl groups excluding tert-OH is 1. The number of carbonyl (C=O) groups excluding carboxylic acids is 2. The van der Waals surface area contributed by atoms with Gasteiger partial charge >= 0.3 is 12.1 Å². The lowest BCUT2D eigenvalue weighted by Gasteiger charge is -2.39. The van der Waals surface area contributed by atoms with Crippen molar-refractivity contribution in [3.05, 3.63) is 64.6 Å². The number of hydrogen-bond donors (Lipinski definition) is 1. The Morgan fingerprint density at radius 1 is 1.02 bits per heavy atom. The van der Waals surface area contributed by atoms with Gasteiger partial charge in [0.05, 0.1) is 32.3 Å². The molecule has 1 aromatic rings. The Balaban J connectivity index is 1.54. The summed E-state index contributed by atoms with van der Waals surface area (Å²) in [5, 5.41) is 10.9. The highest BCUT2D eigenvalue weighted by Gasteiger charge is 2.53. The second-order valence-electron chi connectivity index (χ2n) is 13.5. The molecule has 258 valence electrons. The van der Waals surface area contributed by atoms with Gasteiger partial charge in [-0.3, -0.25) is 9.59 Å². The van der Waals surface area contributed by atoms with Crippen LogP contribution in [0, 0.1) is 35.5 Å². The Morgan fingerprint density at radius 2 is 1.72 bits per heavy atom. The Labute approximate surface area is 275 Å². The van der Waals surface area contributed by atoms with Crippen LogP contribution in [0.5, 0.6) is 0 Å². The van der Waals surface area contributed by atoms with E-state index in [-0.39, 0.29) is 65.7 Å².